The molecule has 1 aliphatic rings. The van der Waals surface area contributed by atoms with Crippen LogP contribution in [-0.4, -0.2) is 16.9 Å². The van der Waals surface area contributed by atoms with Gasteiger partial charge in [-0.2, -0.15) is 0 Å². The maximum atomic E-state index is 13.3. The van der Waals surface area contributed by atoms with Crippen molar-refractivity contribution < 1.29 is 9.18 Å². The molecule has 3 nitrogen and oxygen atoms in total. The van der Waals surface area contributed by atoms with Crippen molar-refractivity contribution >= 4 is 16.8 Å². The molecule has 0 aliphatic heterocycles. The Balaban J connectivity index is 1.85. The van der Waals surface area contributed by atoms with E-state index in [0.717, 1.165) is 30.2 Å². The fraction of sp³-hybridized carbons (Fsp3) is 0.471. The quantitative estimate of drug-likeness (QED) is 0.830. The van der Waals surface area contributed by atoms with Crippen molar-refractivity contribution in [3.05, 3.63) is 35.3 Å². The average molecular weight is 288 g/mol. The minimum absolute atomic E-state index is 0.0850. The first kappa shape index (κ1) is 14.1. The van der Waals surface area contributed by atoms with Gasteiger partial charge in [-0.15, -0.1) is 0 Å². The Morgan fingerprint density at radius 2 is 2.14 bits per heavy atom. The van der Waals surface area contributed by atoms with Crippen LogP contribution < -0.4 is 5.32 Å². The molecule has 0 saturated carbocycles. The third-order valence-electron chi connectivity index (χ3n) is 4.17. The van der Waals surface area contributed by atoms with Crippen LogP contribution in [0.5, 0.6) is 0 Å². The molecule has 1 aromatic carbocycles. The molecule has 2 aromatic rings. The molecule has 4 heteroatoms. The third kappa shape index (κ3) is 2.67. The van der Waals surface area contributed by atoms with Gasteiger partial charge in [-0.3, -0.25) is 4.79 Å². The number of benzene rings is 1. The molecular formula is C17H21FN2O. The summed E-state index contributed by atoms with van der Waals surface area (Å²) in [5, 5.41) is 4.21. The Morgan fingerprint density at radius 3 is 2.86 bits per heavy atom. The molecule has 0 fully saturated rings. The second-order valence-electron chi connectivity index (χ2n) is 6.94. The number of carbonyl (C=O) groups excluding carboxylic acids is 1. The predicted octanol–water partition coefficient (Wildman–Crippen LogP) is 3.33. The summed E-state index contributed by atoms with van der Waals surface area (Å²) in [5.74, 6) is -0.138. The fourth-order valence-corrected chi connectivity index (χ4v) is 2.92. The number of aromatic nitrogens is 1. The summed E-state index contributed by atoms with van der Waals surface area (Å²) in [5.41, 5.74) is 2.87. The SMILES string of the molecule is CC(C)(C)C(=O)NC1CCc2[nH]c3cc(F)ccc3c2C1. The zero-order valence-corrected chi connectivity index (χ0v) is 12.7. The number of aromatic amines is 1. The van der Waals surface area contributed by atoms with Gasteiger partial charge in [0.25, 0.3) is 0 Å². The van der Waals surface area contributed by atoms with E-state index in [2.05, 4.69) is 10.3 Å². The first-order valence-electron chi connectivity index (χ1n) is 7.44. The van der Waals surface area contributed by atoms with Gasteiger partial charge in [-0.05, 0) is 43.0 Å². The second kappa shape index (κ2) is 4.86. The zero-order valence-electron chi connectivity index (χ0n) is 12.7. The lowest BCUT2D eigenvalue weighted by Gasteiger charge is -2.27. The molecule has 1 atom stereocenters. The molecule has 1 aliphatic carbocycles. The monoisotopic (exact) mass is 288 g/mol. The molecule has 0 spiro atoms. The highest BCUT2D eigenvalue weighted by Crippen LogP contribution is 2.30. The number of hydrogen-bond donors (Lipinski definition) is 2. The number of nitrogens with one attached hydrogen (secondary N) is 2. The molecule has 1 unspecified atom stereocenters. The lowest BCUT2D eigenvalue weighted by atomic mass is 9.89. The van der Waals surface area contributed by atoms with Gasteiger partial charge in [0, 0.05) is 28.1 Å². The van der Waals surface area contributed by atoms with Crippen LogP contribution in [0.3, 0.4) is 0 Å². The molecule has 112 valence electrons. The van der Waals surface area contributed by atoms with Crippen molar-refractivity contribution in [2.24, 2.45) is 5.41 Å². The normalized spacial score (nSPS) is 18.6. The molecule has 1 amide bonds. The topological polar surface area (TPSA) is 44.9 Å². The Bertz CT molecular complexity index is 697. The van der Waals surface area contributed by atoms with Gasteiger partial charge < -0.3 is 10.3 Å². The Labute approximate surface area is 123 Å². The van der Waals surface area contributed by atoms with E-state index in [-0.39, 0.29) is 23.2 Å². The van der Waals surface area contributed by atoms with E-state index in [0.29, 0.717) is 0 Å². The smallest absolute Gasteiger partial charge is 0.225 e. The van der Waals surface area contributed by atoms with E-state index < -0.39 is 0 Å². The van der Waals surface area contributed by atoms with E-state index in [1.54, 1.807) is 0 Å². The molecule has 0 bridgehead atoms. The molecular weight excluding hydrogens is 267 g/mol. The average Bonchev–Trinajstić information content (AvgIpc) is 2.74. The van der Waals surface area contributed by atoms with Crippen LogP contribution in [0.1, 0.15) is 38.4 Å². The molecule has 1 heterocycles. The highest BCUT2D eigenvalue weighted by molar-refractivity contribution is 5.85. The maximum absolute atomic E-state index is 13.3. The predicted molar refractivity (Wildman–Crippen MR) is 81.7 cm³/mol. The van der Waals surface area contributed by atoms with E-state index in [1.165, 1.54) is 23.4 Å². The molecule has 3 rings (SSSR count). The summed E-state index contributed by atoms with van der Waals surface area (Å²) in [6.45, 7) is 5.77. The number of fused-ring (bicyclic) bond motifs is 3. The maximum Gasteiger partial charge on any atom is 0.225 e. The number of amides is 1. The summed E-state index contributed by atoms with van der Waals surface area (Å²) in [6, 6.07) is 5.02. The lowest BCUT2D eigenvalue weighted by Crippen LogP contribution is -2.44. The number of hydrogen-bond acceptors (Lipinski definition) is 1. The fourth-order valence-electron chi connectivity index (χ4n) is 2.92. The van der Waals surface area contributed by atoms with Gasteiger partial charge in [0.05, 0.1) is 0 Å². The summed E-state index contributed by atoms with van der Waals surface area (Å²) < 4.78 is 13.3. The number of halogens is 1. The molecule has 1 aromatic heterocycles. The highest BCUT2D eigenvalue weighted by Gasteiger charge is 2.27. The van der Waals surface area contributed by atoms with Crippen molar-refractivity contribution in [3.8, 4) is 0 Å². The first-order valence-corrected chi connectivity index (χ1v) is 7.44. The van der Waals surface area contributed by atoms with Crippen LogP contribution in [0.15, 0.2) is 18.2 Å². The minimum atomic E-state index is -0.371. The molecule has 2 N–H and O–H groups in total. The number of H-pyrrole nitrogens is 1. The van der Waals surface area contributed by atoms with Crippen LogP contribution in [0, 0.1) is 11.2 Å². The van der Waals surface area contributed by atoms with E-state index >= 15 is 0 Å². The highest BCUT2D eigenvalue weighted by atomic mass is 19.1. The van der Waals surface area contributed by atoms with Gasteiger partial charge in [0.1, 0.15) is 5.82 Å². The van der Waals surface area contributed by atoms with Crippen LogP contribution in [-0.2, 0) is 17.6 Å². The standard InChI is InChI=1S/C17H21FN2O/c1-17(2,3)16(21)19-11-5-7-14-13(9-11)12-6-4-10(18)8-15(12)20-14/h4,6,8,11,20H,5,7,9H2,1-3H3,(H,19,21). The van der Waals surface area contributed by atoms with Crippen molar-refractivity contribution in [3.63, 3.8) is 0 Å². The third-order valence-corrected chi connectivity index (χ3v) is 4.17. The first-order chi connectivity index (χ1) is 9.84. The lowest BCUT2D eigenvalue weighted by molar-refractivity contribution is -0.129. The summed E-state index contributed by atoms with van der Waals surface area (Å²) in [7, 11) is 0. The van der Waals surface area contributed by atoms with Gasteiger partial charge in [-0.1, -0.05) is 20.8 Å². The largest absolute Gasteiger partial charge is 0.358 e. The van der Waals surface area contributed by atoms with Crippen molar-refractivity contribution in [2.75, 3.05) is 0 Å². The minimum Gasteiger partial charge on any atom is -0.358 e. The Hall–Kier alpha value is -1.84. The van der Waals surface area contributed by atoms with Gasteiger partial charge in [0.15, 0.2) is 0 Å². The van der Waals surface area contributed by atoms with Gasteiger partial charge >= 0.3 is 0 Å². The summed E-state index contributed by atoms with van der Waals surface area (Å²) in [4.78, 5) is 15.4. The molecule has 0 radical (unpaired) electrons. The van der Waals surface area contributed by atoms with E-state index in [1.807, 2.05) is 26.8 Å². The molecule has 21 heavy (non-hydrogen) atoms. The number of carbonyl (C=O) groups is 1. The number of rotatable bonds is 1. The van der Waals surface area contributed by atoms with Gasteiger partial charge in [0.2, 0.25) is 5.91 Å². The second-order valence-corrected chi connectivity index (χ2v) is 6.94. The van der Waals surface area contributed by atoms with Crippen LogP contribution >= 0.6 is 0 Å². The van der Waals surface area contributed by atoms with Gasteiger partial charge in [-0.25, -0.2) is 4.39 Å². The van der Waals surface area contributed by atoms with Crippen molar-refractivity contribution in [1.82, 2.24) is 10.3 Å². The van der Waals surface area contributed by atoms with Crippen LogP contribution in [0.2, 0.25) is 0 Å². The van der Waals surface area contributed by atoms with Crippen molar-refractivity contribution in [2.45, 2.75) is 46.1 Å². The Kier molecular flexibility index (Phi) is 3.27. The zero-order chi connectivity index (χ0) is 15.2. The molecule has 0 saturated heterocycles. The van der Waals surface area contributed by atoms with Crippen LogP contribution in [0.25, 0.3) is 10.9 Å². The van der Waals surface area contributed by atoms with E-state index in [4.69, 9.17) is 0 Å². The van der Waals surface area contributed by atoms with Crippen LogP contribution in [0.4, 0.5) is 4.39 Å². The Morgan fingerprint density at radius 1 is 1.38 bits per heavy atom. The van der Waals surface area contributed by atoms with Crippen molar-refractivity contribution in [1.29, 1.82) is 0 Å². The number of aryl methyl sites for hydroxylation is 1. The summed E-state index contributed by atoms with van der Waals surface area (Å²) in [6.07, 6.45) is 2.62. The van der Waals surface area contributed by atoms with E-state index in [9.17, 15) is 9.18 Å². The summed E-state index contributed by atoms with van der Waals surface area (Å²) >= 11 is 0.